The quantitative estimate of drug-likeness (QED) is 0.931. The van der Waals surface area contributed by atoms with Gasteiger partial charge in [-0.15, -0.1) is 0 Å². The van der Waals surface area contributed by atoms with Crippen LogP contribution in [-0.4, -0.2) is 29.2 Å². The summed E-state index contributed by atoms with van der Waals surface area (Å²) in [4.78, 5) is 2.36. The van der Waals surface area contributed by atoms with Crippen molar-refractivity contribution in [3.8, 4) is 0 Å². The first kappa shape index (κ1) is 14.3. The Balaban J connectivity index is 1.54. The van der Waals surface area contributed by atoms with E-state index in [1.54, 1.807) is 0 Å². The van der Waals surface area contributed by atoms with Crippen LogP contribution >= 0.6 is 0 Å². The fraction of sp³-hybridized carbons (Fsp3) is 0.368. The molecule has 2 aromatic carbocycles. The predicted molar refractivity (Wildman–Crippen MR) is 86.0 cm³/mol. The first-order valence-corrected chi connectivity index (χ1v) is 7.79. The molecular formula is C19H23NO. The van der Waals surface area contributed by atoms with Gasteiger partial charge in [-0.2, -0.15) is 0 Å². The molecule has 110 valence electrons. The summed E-state index contributed by atoms with van der Waals surface area (Å²) in [5.41, 5.74) is 2.66. The minimum atomic E-state index is -0.220. The van der Waals surface area contributed by atoms with Gasteiger partial charge in [0.2, 0.25) is 0 Å². The van der Waals surface area contributed by atoms with Crippen molar-refractivity contribution in [3.63, 3.8) is 0 Å². The third kappa shape index (κ3) is 3.93. The average Bonchev–Trinajstić information content (AvgIpc) is 2.52. The van der Waals surface area contributed by atoms with Crippen LogP contribution in [0.1, 0.15) is 17.5 Å². The molecule has 0 aromatic heterocycles. The van der Waals surface area contributed by atoms with E-state index < -0.39 is 0 Å². The lowest BCUT2D eigenvalue weighted by atomic mass is 9.88. The molecule has 2 aromatic rings. The van der Waals surface area contributed by atoms with Gasteiger partial charge in [-0.05, 0) is 36.4 Å². The summed E-state index contributed by atoms with van der Waals surface area (Å²) < 4.78 is 0. The van der Waals surface area contributed by atoms with E-state index in [1.165, 1.54) is 11.1 Å². The molecule has 2 heteroatoms. The molecule has 1 saturated heterocycles. The molecule has 2 atom stereocenters. The molecule has 1 N–H and O–H groups in total. The normalized spacial score (nSPS) is 23.1. The maximum atomic E-state index is 10.4. The number of hydrogen-bond acceptors (Lipinski definition) is 2. The molecule has 0 radical (unpaired) electrons. The number of likely N-dealkylation sites (tertiary alicyclic amines) is 1. The summed E-state index contributed by atoms with van der Waals surface area (Å²) in [7, 11) is 0. The van der Waals surface area contributed by atoms with Gasteiger partial charge in [-0.3, -0.25) is 4.90 Å². The molecule has 0 aliphatic carbocycles. The Morgan fingerprint density at radius 3 is 2.14 bits per heavy atom. The Bertz CT molecular complexity index is 540. The molecule has 0 saturated carbocycles. The third-order valence-corrected chi connectivity index (χ3v) is 4.40. The van der Waals surface area contributed by atoms with Crippen LogP contribution in [0.25, 0.3) is 0 Å². The molecule has 0 amide bonds. The highest BCUT2D eigenvalue weighted by molar-refractivity contribution is 5.16. The highest BCUT2D eigenvalue weighted by Gasteiger charge is 2.27. The molecule has 1 heterocycles. The molecule has 3 rings (SSSR count). The standard InChI is InChI=1S/C19H23NO/c21-19-15-20(14-17-9-5-2-6-10-17)12-11-18(19)13-16-7-3-1-4-8-16/h1-10,18-19,21H,11-15H2/t18-,19+/m1/s1. The van der Waals surface area contributed by atoms with Crippen LogP contribution in [0.3, 0.4) is 0 Å². The third-order valence-electron chi connectivity index (χ3n) is 4.40. The van der Waals surface area contributed by atoms with E-state index in [1.807, 2.05) is 12.1 Å². The van der Waals surface area contributed by atoms with Crippen LogP contribution in [0.15, 0.2) is 60.7 Å². The van der Waals surface area contributed by atoms with Crippen LogP contribution < -0.4 is 0 Å². The molecule has 1 aliphatic rings. The van der Waals surface area contributed by atoms with E-state index in [4.69, 9.17) is 0 Å². The van der Waals surface area contributed by atoms with Crippen LogP contribution in [0.5, 0.6) is 0 Å². The van der Waals surface area contributed by atoms with E-state index >= 15 is 0 Å². The van der Waals surface area contributed by atoms with Gasteiger partial charge in [-0.1, -0.05) is 60.7 Å². The molecule has 0 spiro atoms. The zero-order valence-corrected chi connectivity index (χ0v) is 12.4. The van der Waals surface area contributed by atoms with Crippen molar-refractivity contribution in [2.45, 2.75) is 25.5 Å². The van der Waals surface area contributed by atoms with Crippen LogP contribution in [0.2, 0.25) is 0 Å². The maximum absolute atomic E-state index is 10.4. The van der Waals surface area contributed by atoms with Gasteiger partial charge in [-0.25, -0.2) is 0 Å². The highest BCUT2D eigenvalue weighted by Crippen LogP contribution is 2.23. The van der Waals surface area contributed by atoms with Crippen molar-refractivity contribution >= 4 is 0 Å². The summed E-state index contributed by atoms with van der Waals surface area (Å²) in [6.45, 7) is 2.80. The Morgan fingerprint density at radius 2 is 1.52 bits per heavy atom. The number of aliphatic hydroxyl groups excluding tert-OH is 1. The van der Waals surface area contributed by atoms with Gasteiger partial charge in [0.1, 0.15) is 0 Å². The second-order valence-electron chi connectivity index (χ2n) is 6.03. The largest absolute Gasteiger partial charge is 0.391 e. The van der Waals surface area contributed by atoms with Crippen molar-refractivity contribution in [2.75, 3.05) is 13.1 Å². The fourth-order valence-electron chi connectivity index (χ4n) is 3.19. The molecule has 0 unspecified atom stereocenters. The summed E-state index contributed by atoms with van der Waals surface area (Å²) >= 11 is 0. The number of β-amino-alcohol motifs (C(OH)–C–C–N with tert-alkyl or cyclic N) is 1. The van der Waals surface area contributed by atoms with Gasteiger partial charge in [0.15, 0.2) is 0 Å². The van der Waals surface area contributed by atoms with Crippen molar-refractivity contribution < 1.29 is 5.11 Å². The minimum absolute atomic E-state index is 0.220. The maximum Gasteiger partial charge on any atom is 0.0699 e. The van der Waals surface area contributed by atoms with Crippen LogP contribution in [-0.2, 0) is 13.0 Å². The molecule has 21 heavy (non-hydrogen) atoms. The number of benzene rings is 2. The van der Waals surface area contributed by atoms with Crippen molar-refractivity contribution in [1.29, 1.82) is 0 Å². The lowest BCUT2D eigenvalue weighted by molar-refractivity contribution is 0.0187. The first-order chi connectivity index (χ1) is 10.3. The van der Waals surface area contributed by atoms with E-state index in [-0.39, 0.29) is 6.10 Å². The molecule has 2 nitrogen and oxygen atoms in total. The smallest absolute Gasteiger partial charge is 0.0699 e. The number of piperidine rings is 1. The van der Waals surface area contributed by atoms with Crippen molar-refractivity contribution in [3.05, 3.63) is 71.8 Å². The highest BCUT2D eigenvalue weighted by atomic mass is 16.3. The number of aliphatic hydroxyl groups is 1. The Hall–Kier alpha value is -1.64. The number of hydrogen-bond donors (Lipinski definition) is 1. The van der Waals surface area contributed by atoms with Crippen LogP contribution in [0.4, 0.5) is 0 Å². The summed E-state index contributed by atoms with van der Waals surface area (Å²) in [5, 5.41) is 10.4. The molecule has 1 fully saturated rings. The van der Waals surface area contributed by atoms with Crippen molar-refractivity contribution in [1.82, 2.24) is 4.90 Å². The summed E-state index contributed by atoms with van der Waals surface area (Å²) in [5.74, 6) is 0.388. The predicted octanol–water partition coefficient (Wildman–Crippen LogP) is 3.11. The zero-order chi connectivity index (χ0) is 14.5. The van der Waals surface area contributed by atoms with E-state index in [2.05, 4.69) is 53.4 Å². The van der Waals surface area contributed by atoms with E-state index in [0.29, 0.717) is 5.92 Å². The SMILES string of the molecule is O[C@H]1CN(Cc2ccccc2)CC[C@@H]1Cc1ccccc1. The lowest BCUT2D eigenvalue weighted by Gasteiger charge is -2.36. The van der Waals surface area contributed by atoms with Gasteiger partial charge in [0, 0.05) is 13.1 Å². The topological polar surface area (TPSA) is 23.5 Å². The molecule has 0 bridgehead atoms. The second-order valence-corrected chi connectivity index (χ2v) is 6.03. The first-order valence-electron chi connectivity index (χ1n) is 7.79. The fourth-order valence-corrected chi connectivity index (χ4v) is 3.19. The van der Waals surface area contributed by atoms with Gasteiger partial charge >= 0.3 is 0 Å². The molecular weight excluding hydrogens is 258 g/mol. The van der Waals surface area contributed by atoms with Gasteiger partial charge in [0.25, 0.3) is 0 Å². The Kier molecular flexibility index (Phi) is 4.69. The van der Waals surface area contributed by atoms with E-state index in [0.717, 1.165) is 32.5 Å². The summed E-state index contributed by atoms with van der Waals surface area (Å²) in [6, 6.07) is 21.0. The average molecular weight is 281 g/mol. The number of rotatable bonds is 4. The number of nitrogens with zero attached hydrogens (tertiary/aromatic N) is 1. The van der Waals surface area contributed by atoms with Crippen LogP contribution in [0, 0.1) is 5.92 Å². The summed E-state index contributed by atoms with van der Waals surface area (Å²) in [6.07, 6.45) is 1.84. The minimum Gasteiger partial charge on any atom is -0.391 e. The zero-order valence-electron chi connectivity index (χ0n) is 12.4. The second kappa shape index (κ2) is 6.88. The van der Waals surface area contributed by atoms with Gasteiger partial charge < -0.3 is 5.11 Å². The van der Waals surface area contributed by atoms with Crippen molar-refractivity contribution in [2.24, 2.45) is 5.92 Å². The van der Waals surface area contributed by atoms with E-state index in [9.17, 15) is 5.11 Å². The molecule has 1 aliphatic heterocycles. The Labute approximate surface area is 127 Å². The Morgan fingerprint density at radius 1 is 0.905 bits per heavy atom. The monoisotopic (exact) mass is 281 g/mol. The lowest BCUT2D eigenvalue weighted by Crippen LogP contribution is -2.44. The van der Waals surface area contributed by atoms with Gasteiger partial charge in [0.05, 0.1) is 6.10 Å².